The molecule has 2 N–H and O–H groups in total. The molecule has 2 unspecified atom stereocenters. The van der Waals surface area contributed by atoms with E-state index in [1.54, 1.807) is 7.11 Å². The molecule has 110 valence electrons. The highest BCUT2D eigenvalue weighted by Gasteiger charge is 2.27. The second-order valence-corrected chi connectivity index (χ2v) is 6.12. The van der Waals surface area contributed by atoms with Gasteiger partial charge in [-0.05, 0) is 60.1 Å². The van der Waals surface area contributed by atoms with E-state index in [2.05, 4.69) is 24.3 Å². The van der Waals surface area contributed by atoms with Gasteiger partial charge in [-0.25, -0.2) is 0 Å². The molecule has 0 amide bonds. The molecule has 2 nitrogen and oxygen atoms in total. The van der Waals surface area contributed by atoms with Crippen LogP contribution in [0.15, 0.2) is 42.5 Å². The van der Waals surface area contributed by atoms with E-state index in [0.717, 1.165) is 35.6 Å². The Morgan fingerprint density at radius 2 is 2.05 bits per heavy atom. The topological polar surface area (TPSA) is 35.2 Å². The fraction of sp³-hybridized carbons (Fsp3) is 0.333. The van der Waals surface area contributed by atoms with Gasteiger partial charge in [-0.2, -0.15) is 0 Å². The largest absolute Gasteiger partial charge is 0.496 e. The van der Waals surface area contributed by atoms with Crippen LogP contribution < -0.4 is 10.5 Å². The number of hydrogen-bond donors (Lipinski definition) is 1. The Morgan fingerprint density at radius 1 is 1.24 bits per heavy atom. The van der Waals surface area contributed by atoms with E-state index < -0.39 is 0 Å². The molecule has 3 rings (SSSR count). The van der Waals surface area contributed by atoms with E-state index >= 15 is 0 Å². The maximum absolute atomic E-state index is 6.49. The van der Waals surface area contributed by atoms with Crippen LogP contribution in [0.1, 0.15) is 29.2 Å². The number of aryl methyl sites for hydroxylation is 1. The number of benzene rings is 2. The third-order valence-corrected chi connectivity index (χ3v) is 4.67. The fourth-order valence-electron chi connectivity index (χ4n) is 3.28. The summed E-state index contributed by atoms with van der Waals surface area (Å²) in [4.78, 5) is 0. The minimum atomic E-state index is 0.0821. The van der Waals surface area contributed by atoms with E-state index in [4.69, 9.17) is 22.1 Å². The molecule has 2 aromatic carbocycles. The molecule has 0 bridgehead atoms. The first kappa shape index (κ1) is 14.4. The predicted octanol–water partition coefficient (Wildman–Crippen LogP) is 4.15. The van der Waals surface area contributed by atoms with Gasteiger partial charge in [0.2, 0.25) is 0 Å². The Bertz CT molecular complexity index is 641. The summed E-state index contributed by atoms with van der Waals surface area (Å²) in [6.45, 7) is 0. The van der Waals surface area contributed by atoms with Crippen molar-refractivity contribution < 1.29 is 4.74 Å². The normalized spacial score (nSPS) is 20.9. The lowest BCUT2D eigenvalue weighted by Crippen LogP contribution is -2.28. The van der Waals surface area contributed by atoms with Gasteiger partial charge in [0.25, 0.3) is 0 Å². The monoisotopic (exact) mass is 301 g/mol. The van der Waals surface area contributed by atoms with Gasteiger partial charge in [0.1, 0.15) is 5.75 Å². The summed E-state index contributed by atoms with van der Waals surface area (Å²) in [5, 5.41) is 0.746. The highest BCUT2D eigenvalue weighted by molar-refractivity contribution is 6.30. The molecule has 0 spiro atoms. The maximum atomic E-state index is 6.49. The van der Waals surface area contributed by atoms with E-state index in [1.165, 1.54) is 11.1 Å². The molecule has 0 heterocycles. The van der Waals surface area contributed by atoms with Crippen molar-refractivity contribution in [1.29, 1.82) is 0 Å². The van der Waals surface area contributed by atoms with Gasteiger partial charge in [0.05, 0.1) is 7.11 Å². The lowest BCUT2D eigenvalue weighted by molar-refractivity contribution is 0.362. The lowest BCUT2D eigenvalue weighted by atomic mass is 9.77. The second-order valence-electron chi connectivity index (χ2n) is 5.68. The van der Waals surface area contributed by atoms with Crippen molar-refractivity contribution in [3.63, 3.8) is 0 Å². The fourth-order valence-corrected chi connectivity index (χ4v) is 3.47. The van der Waals surface area contributed by atoms with Crippen molar-refractivity contribution in [2.24, 2.45) is 11.7 Å². The van der Waals surface area contributed by atoms with Gasteiger partial charge >= 0.3 is 0 Å². The first-order chi connectivity index (χ1) is 10.2. The molecule has 21 heavy (non-hydrogen) atoms. The molecule has 0 fully saturated rings. The molecule has 0 aliphatic heterocycles. The first-order valence-corrected chi connectivity index (χ1v) is 7.72. The SMILES string of the molecule is COc1ccc(Cl)cc1CC1CCc2ccccc2C1N. The van der Waals surface area contributed by atoms with Crippen molar-refractivity contribution >= 4 is 11.6 Å². The van der Waals surface area contributed by atoms with Crippen LogP contribution in [0.3, 0.4) is 0 Å². The van der Waals surface area contributed by atoms with Crippen molar-refractivity contribution in [1.82, 2.24) is 0 Å². The van der Waals surface area contributed by atoms with Crippen LogP contribution in [0.2, 0.25) is 5.02 Å². The zero-order valence-electron chi connectivity index (χ0n) is 12.2. The van der Waals surface area contributed by atoms with Crippen LogP contribution in [-0.4, -0.2) is 7.11 Å². The Labute approximate surface area is 130 Å². The second kappa shape index (κ2) is 6.08. The Kier molecular flexibility index (Phi) is 4.18. The third-order valence-electron chi connectivity index (χ3n) is 4.43. The van der Waals surface area contributed by atoms with Gasteiger partial charge in [-0.3, -0.25) is 0 Å². The van der Waals surface area contributed by atoms with Crippen molar-refractivity contribution in [2.45, 2.75) is 25.3 Å². The zero-order valence-corrected chi connectivity index (χ0v) is 12.9. The van der Waals surface area contributed by atoms with Gasteiger partial charge in [-0.1, -0.05) is 35.9 Å². The molecule has 2 atom stereocenters. The highest BCUT2D eigenvalue weighted by atomic mass is 35.5. The standard InChI is InChI=1S/C18H20ClNO/c1-21-17-9-8-15(19)11-14(17)10-13-7-6-12-4-2-3-5-16(12)18(13)20/h2-5,8-9,11,13,18H,6-7,10,20H2,1H3. The van der Waals surface area contributed by atoms with Crippen LogP contribution in [0.4, 0.5) is 0 Å². The molecule has 3 heteroatoms. The molecule has 0 aromatic heterocycles. The minimum absolute atomic E-state index is 0.0821. The van der Waals surface area contributed by atoms with E-state index in [0.29, 0.717) is 5.92 Å². The number of ether oxygens (including phenoxy) is 1. The van der Waals surface area contributed by atoms with Crippen LogP contribution in [0.25, 0.3) is 0 Å². The van der Waals surface area contributed by atoms with E-state index in [9.17, 15) is 0 Å². The number of hydrogen-bond acceptors (Lipinski definition) is 2. The average molecular weight is 302 g/mol. The van der Waals surface area contributed by atoms with Gasteiger partial charge in [-0.15, -0.1) is 0 Å². The summed E-state index contributed by atoms with van der Waals surface area (Å²) in [6.07, 6.45) is 3.10. The molecular weight excluding hydrogens is 282 g/mol. The average Bonchev–Trinajstić information content (AvgIpc) is 2.51. The Balaban J connectivity index is 1.85. The quantitative estimate of drug-likeness (QED) is 0.924. The molecule has 2 aromatic rings. The molecular formula is C18H20ClNO. The van der Waals surface area contributed by atoms with Crippen LogP contribution in [0.5, 0.6) is 5.75 Å². The third kappa shape index (κ3) is 2.92. The highest BCUT2D eigenvalue weighted by Crippen LogP contribution is 2.36. The summed E-state index contributed by atoms with van der Waals surface area (Å²) in [6, 6.07) is 14.4. The van der Waals surface area contributed by atoms with E-state index in [-0.39, 0.29) is 6.04 Å². The van der Waals surface area contributed by atoms with Crippen LogP contribution in [0, 0.1) is 5.92 Å². The summed E-state index contributed by atoms with van der Waals surface area (Å²) in [5.41, 5.74) is 10.3. The van der Waals surface area contributed by atoms with Crippen molar-refractivity contribution in [3.8, 4) is 5.75 Å². The zero-order chi connectivity index (χ0) is 14.8. The smallest absolute Gasteiger partial charge is 0.122 e. The Morgan fingerprint density at radius 3 is 2.86 bits per heavy atom. The van der Waals surface area contributed by atoms with E-state index in [1.807, 2.05) is 18.2 Å². The first-order valence-electron chi connectivity index (χ1n) is 7.35. The molecule has 0 saturated carbocycles. The van der Waals surface area contributed by atoms with Crippen molar-refractivity contribution in [2.75, 3.05) is 7.11 Å². The number of methoxy groups -OCH3 is 1. The lowest BCUT2D eigenvalue weighted by Gasteiger charge is -2.31. The molecule has 0 saturated heterocycles. The Hall–Kier alpha value is -1.51. The number of rotatable bonds is 3. The summed E-state index contributed by atoms with van der Waals surface area (Å²) in [7, 11) is 1.70. The minimum Gasteiger partial charge on any atom is -0.496 e. The van der Waals surface area contributed by atoms with Gasteiger partial charge in [0, 0.05) is 11.1 Å². The van der Waals surface area contributed by atoms with Crippen molar-refractivity contribution in [3.05, 3.63) is 64.2 Å². The number of nitrogens with two attached hydrogens (primary N) is 1. The maximum Gasteiger partial charge on any atom is 0.122 e. The predicted molar refractivity (Wildman–Crippen MR) is 86.9 cm³/mol. The van der Waals surface area contributed by atoms with Gasteiger partial charge in [0.15, 0.2) is 0 Å². The molecule has 1 aliphatic rings. The van der Waals surface area contributed by atoms with Crippen LogP contribution in [-0.2, 0) is 12.8 Å². The number of fused-ring (bicyclic) bond motifs is 1. The van der Waals surface area contributed by atoms with Crippen LogP contribution >= 0.6 is 11.6 Å². The summed E-state index contributed by atoms with van der Waals surface area (Å²) >= 11 is 6.12. The molecule has 0 radical (unpaired) electrons. The summed E-state index contributed by atoms with van der Waals surface area (Å²) in [5.74, 6) is 1.32. The van der Waals surface area contributed by atoms with Gasteiger partial charge < -0.3 is 10.5 Å². The summed E-state index contributed by atoms with van der Waals surface area (Å²) < 4.78 is 5.45. The number of halogens is 1. The molecule has 1 aliphatic carbocycles.